The molecule has 0 amide bonds. The molecule has 3 aromatic carbocycles. The van der Waals surface area contributed by atoms with Gasteiger partial charge in [0.1, 0.15) is 5.75 Å². The van der Waals surface area contributed by atoms with Crippen molar-refractivity contribution in [2.45, 2.75) is 20.0 Å². The summed E-state index contributed by atoms with van der Waals surface area (Å²) in [5, 5.41) is 9.69. The standard InChI is InChI=1S/C24H22N4O4/c1-15(2)32-19-10-6-9-18(14-19)28-22(29)20-11-3-4-12-21(20)25-24(28)27-26-17-8-5-7-16(13-17)23(30)31/h3-15,26H,1-2H3,(H,25,27)(H,30,31). The minimum atomic E-state index is -1.03. The molecule has 3 N–H and O–H groups in total. The molecule has 1 heterocycles. The molecule has 4 aromatic rings. The fraction of sp³-hybridized carbons (Fsp3) is 0.125. The second-order valence-electron chi connectivity index (χ2n) is 7.39. The molecule has 8 nitrogen and oxygen atoms in total. The first kappa shape index (κ1) is 20.9. The Balaban J connectivity index is 1.79. The zero-order valence-electron chi connectivity index (χ0n) is 17.6. The third-order valence-corrected chi connectivity index (χ3v) is 4.65. The Morgan fingerprint density at radius 3 is 2.56 bits per heavy atom. The van der Waals surface area contributed by atoms with Gasteiger partial charge in [0.25, 0.3) is 5.56 Å². The highest BCUT2D eigenvalue weighted by Gasteiger charge is 2.14. The number of para-hydroxylation sites is 1. The summed E-state index contributed by atoms with van der Waals surface area (Å²) in [4.78, 5) is 29.2. The molecule has 0 spiro atoms. The molecule has 0 saturated heterocycles. The second kappa shape index (κ2) is 8.81. The number of nitrogens with zero attached hydrogens (tertiary/aromatic N) is 2. The van der Waals surface area contributed by atoms with Crippen LogP contribution in [0.1, 0.15) is 24.2 Å². The van der Waals surface area contributed by atoms with E-state index in [-0.39, 0.29) is 23.2 Å². The number of aromatic carboxylic acids is 1. The van der Waals surface area contributed by atoms with Crippen molar-refractivity contribution in [3.05, 3.63) is 88.7 Å². The van der Waals surface area contributed by atoms with Crippen molar-refractivity contribution in [1.82, 2.24) is 9.55 Å². The van der Waals surface area contributed by atoms with Crippen molar-refractivity contribution in [2.75, 3.05) is 10.9 Å². The molecule has 0 atom stereocenters. The van der Waals surface area contributed by atoms with Crippen molar-refractivity contribution in [1.29, 1.82) is 0 Å². The van der Waals surface area contributed by atoms with Crippen molar-refractivity contribution in [3.8, 4) is 11.4 Å². The first-order chi connectivity index (χ1) is 15.4. The SMILES string of the molecule is CC(C)Oc1cccc(-n2c(NNc3cccc(C(=O)O)c3)nc3ccccc3c2=O)c1. The predicted molar refractivity (Wildman–Crippen MR) is 124 cm³/mol. The van der Waals surface area contributed by atoms with Crippen LogP contribution in [-0.4, -0.2) is 26.7 Å². The van der Waals surface area contributed by atoms with Crippen molar-refractivity contribution in [3.63, 3.8) is 0 Å². The van der Waals surface area contributed by atoms with E-state index in [4.69, 9.17) is 4.74 Å². The maximum atomic E-state index is 13.4. The van der Waals surface area contributed by atoms with Gasteiger partial charge in [0, 0.05) is 6.07 Å². The van der Waals surface area contributed by atoms with Gasteiger partial charge < -0.3 is 9.84 Å². The molecule has 162 valence electrons. The molecule has 0 aliphatic heterocycles. The third kappa shape index (κ3) is 4.39. The Labute approximate surface area is 184 Å². The number of hydrazine groups is 1. The van der Waals surface area contributed by atoms with Gasteiger partial charge in [-0.25, -0.2) is 14.3 Å². The Bertz CT molecular complexity index is 1350. The monoisotopic (exact) mass is 430 g/mol. The molecule has 0 unspecified atom stereocenters. The van der Waals surface area contributed by atoms with Crippen LogP contribution in [0.2, 0.25) is 0 Å². The number of rotatable bonds is 7. The highest BCUT2D eigenvalue weighted by molar-refractivity contribution is 5.88. The lowest BCUT2D eigenvalue weighted by atomic mass is 10.2. The highest BCUT2D eigenvalue weighted by atomic mass is 16.5. The predicted octanol–water partition coefficient (Wildman–Crippen LogP) is 4.31. The Hall–Kier alpha value is -4.33. The largest absolute Gasteiger partial charge is 0.491 e. The number of aromatic nitrogens is 2. The number of fused-ring (bicyclic) bond motifs is 1. The van der Waals surface area contributed by atoms with Gasteiger partial charge in [-0.2, -0.15) is 0 Å². The number of ether oxygens (including phenoxy) is 1. The molecule has 8 heteroatoms. The first-order valence-corrected chi connectivity index (χ1v) is 10.1. The van der Waals surface area contributed by atoms with E-state index in [0.29, 0.717) is 28.0 Å². The van der Waals surface area contributed by atoms with E-state index in [0.717, 1.165) is 0 Å². The van der Waals surface area contributed by atoms with Gasteiger partial charge >= 0.3 is 5.97 Å². The Kier molecular flexibility index (Phi) is 5.76. The van der Waals surface area contributed by atoms with Crippen LogP contribution in [0.15, 0.2) is 77.6 Å². The topological polar surface area (TPSA) is 105 Å². The van der Waals surface area contributed by atoms with Crippen LogP contribution >= 0.6 is 0 Å². The van der Waals surface area contributed by atoms with Gasteiger partial charge in [0.15, 0.2) is 0 Å². The van der Waals surface area contributed by atoms with Crippen LogP contribution in [0.5, 0.6) is 5.75 Å². The summed E-state index contributed by atoms with van der Waals surface area (Å²) in [5.74, 6) is -0.155. The van der Waals surface area contributed by atoms with Crippen molar-refractivity contribution < 1.29 is 14.6 Å². The van der Waals surface area contributed by atoms with Crippen LogP contribution in [0.3, 0.4) is 0 Å². The van der Waals surface area contributed by atoms with E-state index in [1.54, 1.807) is 42.5 Å². The molecule has 0 fully saturated rings. The molecular weight excluding hydrogens is 408 g/mol. The van der Waals surface area contributed by atoms with Gasteiger partial charge in [-0.1, -0.05) is 24.3 Å². The molecule has 0 bridgehead atoms. The number of carboxylic acids is 1. The summed E-state index contributed by atoms with van der Waals surface area (Å²) in [6.45, 7) is 3.86. The zero-order chi connectivity index (χ0) is 22.7. The molecular formula is C24H22N4O4. The number of anilines is 2. The van der Waals surface area contributed by atoms with E-state index in [9.17, 15) is 14.7 Å². The van der Waals surface area contributed by atoms with Crippen LogP contribution in [0, 0.1) is 0 Å². The van der Waals surface area contributed by atoms with E-state index in [1.165, 1.54) is 16.7 Å². The number of hydrogen-bond donors (Lipinski definition) is 3. The first-order valence-electron chi connectivity index (χ1n) is 10.1. The molecule has 0 aliphatic rings. The van der Waals surface area contributed by atoms with Crippen LogP contribution in [0.25, 0.3) is 16.6 Å². The fourth-order valence-corrected chi connectivity index (χ4v) is 3.28. The minimum absolute atomic E-state index is 0.0162. The molecule has 0 saturated carbocycles. The van der Waals surface area contributed by atoms with Crippen molar-refractivity contribution >= 4 is 28.5 Å². The van der Waals surface area contributed by atoms with Gasteiger partial charge in [-0.05, 0) is 56.3 Å². The van der Waals surface area contributed by atoms with E-state index in [1.807, 2.05) is 32.0 Å². The summed E-state index contributed by atoms with van der Waals surface area (Å²) >= 11 is 0. The van der Waals surface area contributed by atoms with Gasteiger partial charge in [-0.3, -0.25) is 15.6 Å². The summed E-state index contributed by atoms with van der Waals surface area (Å²) in [7, 11) is 0. The Morgan fingerprint density at radius 1 is 1.00 bits per heavy atom. The maximum absolute atomic E-state index is 13.4. The van der Waals surface area contributed by atoms with Gasteiger partial charge in [-0.15, -0.1) is 0 Å². The number of benzene rings is 3. The number of carbonyl (C=O) groups is 1. The van der Waals surface area contributed by atoms with Gasteiger partial charge in [0.2, 0.25) is 5.95 Å². The minimum Gasteiger partial charge on any atom is -0.491 e. The number of carboxylic acid groups (broad SMARTS) is 1. The lowest BCUT2D eigenvalue weighted by molar-refractivity contribution is 0.0697. The van der Waals surface area contributed by atoms with Gasteiger partial charge in [0.05, 0.1) is 33.9 Å². The molecule has 1 aromatic heterocycles. The van der Waals surface area contributed by atoms with E-state index < -0.39 is 5.97 Å². The fourth-order valence-electron chi connectivity index (χ4n) is 3.28. The number of nitrogens with one attached hydrogen (secondary N) is 2. The maximum Gasteiger partial charge on any atom is 0.335 e. The average Bonchev–Trinajstić information content (AvgIpc) is 2.77. The Morgan fingerprint density at radius 2 is 1.78 bits per heavy atom. The van der Waals surface area contributed by atoms with Crippen molar-refractivity contribution in [2.24, 2.45) is 0 Å². The average molecular weight is 430 g/mol. The zero-order valence-corrected chi connectivity index (χ0v) is 17.6. The smallest absolute Gasteiger partial charge is 0.335 e. The van der Waals surface area contributed by atoms with Crippen LogP contribution in [0.4, 0.5) is 11.6 Å². The molecule has 32 heavy (non-hydrogen) atoms. The third-order valence-electron chi connectivity index (χ3n) is 4.65. The second-order valence-corrected chi connectivity index (χ2v) is 7.39. The molecule has 4 rings (SSSR count). The van der Waals surface area contributed by atoms with E-state index >= 15 is 0 Å². The summed E-state index contributed by atoms with van der Waals surface area (Å²) in [6.07, 6.45) is -0.0162. The summed E-state index contributed by atoms with van der Waals surface area (Å²) in [6, 6.07) is 20.6. The molecule has 0 aliphatic carbocycles. The highest BCUT2D eigenvalue weighted by Crippen LogP contribution is 2.21. The number of hydrogen-bond acceptors (Lipinski definition) is 6. The van der Waals surface area contributed by atoms with Crippen LogP contribution < -0.4 is 21.1 Å². The summed E-state index contributed by atoms with van der Waals surface area (Å²) in [5.41, 5.74) is 7.41. The lowest BCUT2D eigenvalue weighted by Gasteiger charge is -2.17. The van der Waals surface area contributed by atoms with E-state index in [2.05, 4.69) is 15.8 Å². The normalized spacial score (nSPS) is 10.8. The van der Waals surface area contributed by atoms with Crippen LogP contribution in [-0.2, 0) is 0 Å². The molecule has 0 radical (unpaired) electrons. The lowest BCUT2D eigenvalue weighted by Crippen LogP contribution is -2.26. The summed E-state index contributed by atoms with van der Waals surface area (Å²) < 4.78 is 7.23. The quantitative estimate of drug-likeness (QED) is 0.375.